The monoisotopic (exact) mass is 246 g/mol. The maximum Gasteiger partial charge on any atom is 0.333 e. The van der Waals surface area contributed by atoms with Crippen molar-refractivity contribution >= 4 is 26.8 Å². The molecule has 2 aromatic rings. The van der Waals surface area contributed by atoms with E-state index in [0.29, 0.717) is 20.1 Å². The van der Waals surface area contributed by atoms with Gasteiger partial charge < -0.3 is 0 Å². The summed E-state index contributed by atoms with van der Waals surface area (Å²) in [6, 6.07) is 5.23. The SMILES string of the molecule is FC(F)n1ncc2cccc(Br)c21. The van der Waals surface area contributed by atoms with Crippen molar-refractivity contribution in [3.63, 3.8) is 0 Å². The first kappa shape index (κ1) is 8.62. The lowest BCUT2D eigenvalue weighted by molar-refractivity contribution is 0.0614. The van der Waals surface area contributed by atoms with Gasteiger partial charge in [-0.3, -0.25) is 0 Å². The van der Waals surface area contributed by atoms with E-state index >= 15 is 0 Å². The van der Waals surface area contributed by atoms with E-state index in [-0.39, 0.29) is 0 Å². The zero-order valence-electron chi connectivity index (χ0n) is 6.42. The zero-order chi connectivity index (χ0) is 9.42. The third kappa shape index (κ3) is 1.33. The predicted octanol–water partition coefficient (Wildman–Crippen LogP) is 3.19. The minimum Gasteiger partial charge on any atom is -0.203 e. The smallest absolute Gasteiger partial charge is 0.203 e. The molecule has 0 spiro atoms. The Kier molecular flexibility index (Phi) is 2.03. The number of aromatic nitrogens is 2. The summed E-state index contributed by atoms with van der Waals surface area (Å²) in [7, 11) is 0. The van der Waals surface area contributed by atoms with Gasteiger partial charge in [-0.1, -0.05) is 12.1 Å². The van der Waals surface area contributed by atoms with E-state index in [1.54, 1.807) is 18.2 Å². The molecule has 1 aromatic heterocycles. The van der Waals surface area contributed by atoms with Crippen LogP contribution in [-0.2, 0) is 0 Å². The fraction of sp³-hybridized carbons (Fsp3) is 0.125. The molecule has 0 N–H and O–H groups in total. The molecule has 2 rings (SSSR count). The summed E-state index contributed by atoms with van der Waals surface area (Å²) in [5, 5.41) is 4.30. The van der Waals surface area contributed by atoms with Gasteiger partial charge in [-0.15, -0.1) is 0 Å². The molecule has 5 heteroatoms. The maximum absolute atomic E-state index is 12.4. The molecule has 0 aliphatic heterocycles. The first-order valence-corrected chi connectivity index (χ1v) is 4.39. The van der Waals surface area contributed by atoms with Crippen LogP contribution in [0.5, 0.6) is 0 Å². The average Bonchev–Trinajstić information content (AvgIpc) is 2.49. The third-order valence-corrected chi connectivity index (χ3v) is 2.39. The number of hydrogen-bond acceptors (Lipinski definition) is 1. The van der Waals surface area contributed by atoms with Crippen LogP contribution in [0.15, 0.2) is 28.9 Å². The van der Waals surface area contributed by atoms with Gasteiger partial charge in [0.1, 0.15) is 0 Å². The average molecular weight is 247 g/mol. The zero-order valence-corrected chi connectivity index (χ0v) is 8.00. The highest BCUT2D eigenvalue weighted by molar-refractivity contribution is 9.10. The van der Waals surface area contributed by atoms with Crippen molar-refractivity contribution in [2.24, 2.45) is 0 Å². The lowest BCUT2D eigenvalue weighted by Gasteiger charge is -2.01. The van der Waals surface area contributed by atoms with Crippen LogP contribution in [0.3, 0.4) is 0 Å². The molecule has 0 radical (unpaired) electrons. The fourth-order valence-electron chi connectivity index (χ4n) is 1.21. The number of halogens is 3. The van der Waals surface area contributed by atoms with Crippen LogP contribution in [0.25, 0.3) is 10.9 Å². The number of alkyl halides is 2. The molecular weight excluding hydrogens is 242 g/mol. The number of hydrogen-bond donors (Lipinski definition) is 0. The molecule has 13 heavy (non-hydrogen) atoms. The quantitative estimate of drug-likeness (QED) is 0.756. The molecule has 0 fully saturated rings. The summed E-state index contributed by atoms with van der Waals surface area (Å²) < 4.78 is 26.1. The first-order valence-electron chi connectivity index (χ1n) is 3.60. The van der Waals surface area contributed by atoms with E-state index in [2.05, 4.69) is 21.0 Å². The fourth-order valence-corrected chi connectivity index (χ4v) is 1.77. The molecule has 68 valence electrons. The predicted molar refractivity (Wildman–Crippen MR) is 48.7 cm³/mol. The van der Waals surface area contributed by atoms with Gasteiger partial charge in [0, 0.05) is 9.86 Å². The summed E-state index contributed by atoms with van der Waals surface area (Å²) in [4.78, 5) is 0. The molecule has 0 unspecified atom stereocenters. The summed E-state index contributed by atoms with van der Waals surface area (Å²) in [6.07, 6.45) is 1.42. The summed E-state index contributed by atoms with van der Waals surface area (Å²) in [6.45, 7) is -2.60. The number of fused-ring (bicyclic) bond motifs is 1. The minimum absolute atomic E-state index is 0.428. The van der Waals surface area contributed by atoms with Crippen LogP contribution >= 0.6 is 15.9 Å². The first-order chi connectivity index (χ1) is 6.20. The molecule has 0 aliphatic carbocycles. The third-order valence-electron chi connectivity index (χ3n) is 1.75. The Bertz CT molecular complexity index is 439. The highest BCUT2D eigenvalue weighted by Gasteiger charge is 2.12. The second-order valence-corrected chi connectivity index (χ2v) is 3.40. The van der Waals surface area contributed by atoms with Crippen LogP contribution in [0.1, 0.15) is 6.55 Å². The minimum atomic E-state index is -2.60. The van der Waals surface area contributed by atoms with Gasteiger partial charge >= 0.3 is 6.55 Å². The molecule has 0 saturated heterocycles. The summed E-state index contributed by atoms with van der Waals surface area (Å²) >= 11 is 3.20. The lowest BCUT2D eigenvalue weighted by atomic mass is 10.3. The van der Waals surface area contributed by atoms with E-state index in [1.165, 1.54) is 6.20 Å². The highest BCUT2D eigenvalue weighted by Crippen LogP contribution is 2.26. The Hall–Kier alpha value is -0.970. The Balaban J connectivity index is 2.79. The molecule has 1 aromatic carbocycles. The molecule has 0 aliphatic rings. The Morgan fingerprint density at radius 2 is 2.15 bits per heavy atom. The number of para-hydroxylation sites is 1. The van der Waals surface area contributed by atoms with Gasteiger partial charge in [0.2, 0.25) is 0 Å². The van der Waals surface area contributed by atoms with E-state index < -0.39 is 6.55 Å². The molecular formula is C8H5BrF2N2. The maximum atomic E-state index is 12.4. The Morgan fingerprint density at radius 1 is 1.38 bits per heavy atom. The molecule has 0 amide bonds. The largest absolute Gasteiger partial charge is 0.333 e. The van der Waals surface area contributed by atoms with Crippen LogP contribution in [0.2, 0.25) is 0 Å². The molecule has 1 heterocycles. The highest BCUT2D eigenvalue weighted by atomic mass is 79.9. The number of rotatable bonds is 1. The normalized spacial score (nSPS) is 11.4. The Labute approximate surface area is 81.3 Å². The van der Waals surface area contributed by atoms with Gasteiger partial charge in [-0.05, 0) is 22.0 Å². The van der Waals surface area contributed by atoms with Gasteiger partial charge in [0.05, 0.1) is 11.7 Å². The van der Waals surface area contributed by atoms with Gasteiger partial charge in [-0.25, -0.2) is 4.68 Å². The van der Waals surface area contributed by atoms with Gasteiger partial charge in [0.25, 0.3) is 0 Å². The molecule has 0 bridgehead atoms. The van der Waals surface area contributed by atoms with E-state index in [9.17, 15) is 8.78 Å². The van der Waals surface area contributed by atoms with Crippen LogP contribution in [0, 0.1) is 0 Å². The lowest BCUT2D eigenvalue weighted by Crippen LogP contribution is -1.99. The topological polar surface area (TPSA) is 17.8 Å². The molecule has 2 nitrogen and oxygen atoms in total. The van der Waals surface area contributed by atoms with Crippen molar-refractivity contribution in [1.29, 1.82) is 0 Å². The van der Waals surface area contributed by atoms with Crippen LogP contribution in [0.4, 0.5) is 8.78 Å². The van der Waals surface area contributed by atoms with Crippen LogP contribution in [-0.4, -0.2) is 9.78 Å². The van der Waals surface area contributed by atoms with E-state index in [0.717, 1.165) is 0 Å². The van der Waals surface area contributed by atoms with Crippen LogP contribution < -0.4 is 0 Å². The standard InChI is InChI=1S/C8H5BrF2N2/c9-6-3-1-2-5-4-12-13(7(5)6)8(10)11/h1-4,8H. The summed E-state index contributed by atoms with van der Waals surface area (Å²) in [5.41, 5.74) is 0.428. The van der Waals surface area contributed by atoms with Gasteiger partial charge in [-0.2, -0.15) is 13.9 Å². The Morgan fingerprint density at radius 3 is 2.85 bits per heavy atom. The van der Waals surface area contributed by atoms with Crippen molar-refractivity contribution in [2.75, 3.05) is 0 Å². The van der Waals surface area contributed by atoms with Crippen molar-refractivity contribution in [3.8, 4) is 0 Å². The molecule has 0 atom stereocenters. The van der Waals surface area contributed by atoms with E-state index in [4.69, 9.17) is 0 Å². The van der Waals surface area contributed by atoms with Crippen molar-refractivity contribution in [1.82, 2.24) is 9.78 Å². The second-order valence-electron chi connectivity index (χ2n) is 2.54. The van der Waals surface area contributed by atoms with Crippen molar-refractivity contribution in [3.05, 3.63) is 28.9 Å². The van der Waals surface area contributed by atoms with E-state index in [1.807, 2.05) is 0 Å². The van der Waals surface area contributed by atoms with Crippen molar-refractivity contribution < 1.29 is 8.78 Å². The van der Waals surface area contributed by atoms with Crippen molar-refractivity contribution in [2.45, 2.75) is 6.55 Å². The number of nitrogens with zero attached hydrogens (tertiary/aromatic N) is 2. The van der Waals surface area contributed by atoms with Gasteiger partial charge in [0.15, 0.2) is 0 Å². The second kappa shape index (κ2) is 3.06. The summed E-state index contributed by atoms with van der Waals surface area (Å²) in [5.74, 6) is 0. The number of benzene rings is 1. The molecule has 0 saturated carbocycles.